The molecule has 0 atom stereocenters. The Morgan fingerprint density at radius 1 is 1.22 bits per heavy atom. The van der Waals surface area contributed by atoms with Crippen LogP contribution in [0, 0.1) is 6.92 Å². The Balaban J connectivity index is 2.37. The quantitative estimate of drug-likeness (QED) is 0.744. The summed E-state index contributed by atoms with van der Waals surface area (Å²) >= 11 is 0. The largest absolute Gasteiger partial charge is 0.326 e. The third kappa shape index (κ3) is 1.67. The van der Waals surface area contributed by atoms with Crippen LogP contribution in [0.5, 0.6) is 0 Å². The van der Waals surface area contributed by atoms with Crippen molar-refractivity contribution in [2.45, 2.75) is 13.5 Å². The van der Waals surface area contributed by atoms with Gasteiger partial charge in [-0.15, -0.1) is 0 Å². The second kappa shape index (κ2) is 4.23. The van der Waals surface area contributed by atoms with Crippen LogP contribution >= 0.6 is 0 Å². The predicted octanol–water partition coefficient (Wildman–Crippen LogP) is 2.19. The van der Waals surface area contributed by atoms with Crippen molar-refractivity contribution in [3.63, 3.8) is 0 Å². The highest BCUT2D eigenvalue weighted by molar-refractivity contribution is 5.88. The van der Waals surface area contributed by atoms with Crippen LogP contribution < -0.4 is 5.73 Å². The van der Waals surface area contributed by atoms with Gasteiger partial charge in [0.25, 0.3) is 0 Å². The minimum absolute atomic E-state index is 0.450. The molecule has 0 unspecified atom stereocenters. The van der Waals surface area contributed by atoms with E-state index in [2.05, 4.69) is 10.1 Å². The zero-order chi connectivity index (χ0) is 12.5. The lowest BCUT2D eigenvalue weighted by Crippen LogP contribution is -2.07. The molecule has 0 fully saturated rings. The van der Waals surface area contributed by atoms with Crippen LogP contribution in [-0.2, 0) is 6.54 Å². The highest BCUT2D eigenvalue weighted by Gasteiger charge is 2.10. The number of fused-ring (bicyclic) bond motifs is 1. The zero-order valence-electron chi connectivity index (χ0n) is 10.2. The first-order valence-electron chi connectivity index (χ1n) is 5.89. The van der Waals surface area contributed by atoms with Crippen molar-refractivity contribution < 1.29 is 0 Å². The van der Waals surface area contributed by atoms with Gasteiger partial charge < -0.3 is 5.73 Å². The van der Waals surface area contributed by atoms with Crippen LogP contribution in [0.3, 0.4) is 0 Å². The van der Waals surface area contributed by atoms with Gasteiger partial charge in [-0.2, -0.15) is 5.10 Å². The minimum atomic E-state index is 0.450. The van der Waals surface area contributed by atoms with Gasteiger partial charge in [-0.05, 0) is 19.1 Å². The van der Waals surface area contributed by atoms with E-state index >= 15 is 0 Å². The molecule has 90 valence electrons. The Morgan fingerprint density at radius 2 is 2.06 bits per heavy atom. The van der Waals surface area contributed by atoms with Crippen molar-refractivity contribution in [1.82, 2.24) is 14.8 Å². The van der Waals surface area contributed by atoms with E-state index in [9.17, 15) is 0 Å². The van der Waals surface area contributed by atoms with Crippen LogP contribution in [-0.4, -0.2) is 14.8 Å². The van der Waals surface area contributed by atoms with Crippen LogP contribution in [0.25, 0.3) is 16.6 Å². The molecule has 4 heteroatoms. The summed E-state index contributed by atoms with van der Waals surface area (Å²) in [6, 6.07) is 10.0. The molecule has 0 saturated heterocycles. The van der Waals surface area contributed by atoms with Crippen molar-refractivity contribution in [1.29, 1.82) is 0 Å². The molecule has 0 spiro atoms. The SMILES string of the molecule is Cc1ccn(-c2c(CN)cnc3ccccc23)n1. The average molecular weight is 238 g/mol. The maximum atomic E-state index is 5.80. The molecule has 2 heterocycles. The van der Waals surface area contributed by atoms with Crippen molar-refractivity contribution >= 4 is 10.9 Å². The number of aryl methyl sites for hydroxylation is 1. The predicted molar refractivity (Wildman–Crippen MR) is 71.5 cm³/mol. The molecule has 0 aliphatic carbocycles. The average Bonchev–Trinajstić information content (AvgIpc) is 2.83. The van der Waals surface area contributed by atoms with Crippen LogP contribution in [0.4, 0.5) is 0 Å². The number of rotatable bonds is 2. The van der Waals surface area contributed by atoms with E-state index in [-0.39, 0.29) is 0 Å². The van der Waals surface area contributed by atoms with Crippen molar-refractivity contribution in [2.75, 3.05) is 0 Å². The molecular weight excluding hydrogens is 224 g/mol. The molecule has 0 aliphatic heterocycles. The number of hydrogen-bond donors (Lipinski definition) is 1. The topological polar surface area (TPSA) is 56.7 Å². The summed E-state index contributed by atoms with van der Waals surface area (Å²) in [5, 5.41) is 5.55. The highest BCUT2D eigenvalue weighted by atomic mass is 15.3. The summed E-state index contributed by atoms with van der Waals surface area (Å²) in [7, 11) is 0. The summed E-state index contributed by atoms with van der Waals surface area (Å²) in [5.74, 6) is 0. The number of aromatic nitrogens is 3. The third-order valence-electron chi connectivity index (χ3n) is 2.99. The van der Waals surface area contributed by atoms with Gasteiger partial charge in [0.1, 0.15) is 0 Å². The summed E-state index contributed by atoms with van der Waals surface area (Å²) in [6.45, 7) is 2.42. The normalized spacial score (nSPS) is 11.0. The molecule has 0 amide bonds. The number of hydrogen-bond acceptors (Lipinski definition) is 3. The van der Waals surface area contributed by atoms with Gasteiger partial charge >= 0.3 is 0 Å². The van der Waals surface area contributed by atoms with Gasteiger partial charge in [-0.25, -0.2) is 4.68 Å². The van der Waals surface area contributed by atoms with Crippen molar-refractivity contribution in [3.05, 3.63) is 54.0 Å². The molecule has 0 bridgehead atoms. The fraction of sp³-hybridized carbons (Fsp3) is 0.143. The molecule has 0 radical (unpaired) electrons. The Bertz CT molecular complexity index is 700. The Hall–Kier alpha value is -2.20. The number of pyridine rings is 1. The van der Waals surface area contributed by atoms with Gasteiger partial charge in [0.05, 0.1) is 16.9 Å². The standard InChI is InChI=1S/C14H14N4/c1-10-6-7-18(17-10)14-11(8-15)9-16-13-5-3-2-4-12(13)14/h2-7,9H,8,15H2,1H3. The molecule has 0 saturated carbocycles. The Labute approximate surface area is 105 Å². The molecule has 18 heavy (non-hydrogen) atoms. The molecule has 1 aromatic carbocycles. The lowest BCUT2D eigenvalue weighted by molar-refractivity contribution is 0.848. The number of benzene rings is 1. The van der Waals surface area contributed by atoms with E-state index < -0.39 is 0 Å². The maximum absolute atomic E-state index is 5.80. The summed E-state index contributed by atoms with van der Waals surface area (Å²) < 4.78 is 1.88. The molecular formula is C14H14N4. The van der Waals surface area contributed by atoms with Gasteiger partial charge in [0, 0.05) is 29.9 Å². The van der Waals surface area contributed by atoms with Crippen molar-refractivity contribution in [2.24, 2.45) is 5.73 Å². The van der Waals surface area contributed by atoms with Crippen LogP contribution in [0.15, 0.2) is 42.7 Å². The Morgan fingerprint density at radius 3 is 2.78 bits per heavy atom. The lowest BCUT2D eigenvalue weighted by Gasteiger charge is -2.11. The Kier molecular flexibility index (Phi) is 2.57. The van der Waals surface area contributed by atoms with E-state index in [0.717, 1.165) is 27.8 Å². The van der Waals surface area contributed by atoms with E-state index in [4.69, 9.17) is 5.73 Å². The van der Waals surface area contributed by atoms with Gasteiger partial charge in [-0.1, -0.05) is 18.2 Å². The first-order chi connectivity index (χ1) is 8.79. The number of nitrogens with zero attached hydrogens (tertiary/aromatic N) is 3. The minimum Gasteiger partial charge on any atom is -0.326 e. The highest BCUT2D eigenvalue weighted by Crippen LogP contribution is 2.23. The smallest absolute Gasteiger partial charge is 0.0799 e. The van der Waals surface area contributed by atoms with E-state index in [1.54, 1.807) is 0 Å². The first-order valence-corrected chi connectivity index (χ1v) is 5.89. The molecule has 2 N–H and O–H groups in total. The van der Waals surface area contributed by atoms with E-state index in [1.165, 1.54) is 0 Å². The zero-order valence-corrected chi connectivity index (χ0v) is 10.2. The van der Waals surface area contributed by atoms with Crippen LogP contribution in [0.2, 0.25) is 0 Å². The number of nitrogens with two attached hydrogens (primary N) is 1. The number of para-hydroxylation sites is 1. The molecule has 3 rings (SSSR count). The van der Waals surface area contributed by atoms with Crippen LogP contribution in [0.1, 0.15) is 11.3 Å². The maximum Gasteiger partial charge on any atom is 0.0799 e. The monoisotopic (exact) mass is 238 g/mol. The molecule has 3 aromatic rings. The summed E-state index contributed by atoms with van der Waals surface area (Å²) in [6.07, 6.45) is 3.78. The second-order valence-corrected chi connectivity index (χ2v) is 4.26. The second-order valence-electron chi connectivity index (χ2n) is 4.26. The molecule has 0 aliphatic rings. The summed E-state index contributed by atoms with van der Waals surface area (Å²) in [4.78, 5) is 4.42. The van der Waals surface area contributed by atoms with Gasteiger partial charge in [0.15, 0.2) is 0 Å². The lowest BCUT2D eigenvalue weighted by atomic mass is 10.1. The fourth-order valence-corrected chi connectivity index (χ4v) is 2.13. The fourth-order valence-electron chi connectivity index (χ4n) is 2.13. The van der Waals surface area contributed by atoms with Crippen molar-refractivity contribution in [3.8, 4) is 5.69 Å². The van der Waals surface area contributed by atoms with Gasteiger partial charge in [0.2, 0.25) is 0 Å². The van der Waals surface area contributed by atoms with E-state index in [1.807, 2.05) is 54.3 Å². The third-order valence-corrected chi connectivity index (χ3v) is 2.99. The van der Waals surface area contributed by atoms with E-state index in [0.29, 0.717) is 6.54 Å². The van der Waals surface area contributed by atoms with Gasteiger partial charge in [-0.3, -0.25) is 4.98 Å². The molecule has 4 nitrogen and oxygen atoms in total. The first kappa shape index (κ1) is 10.9. The summed E-state index contributed by atoms with van der Waals surface area (Å²) in [5.41, 5.74) is 9.77. The molecule has 2 aromatic heterocycles.